The molecule has 8 heteroatoms. The Bertz CT molecular complexity index is 619. The third-order valence-corrected chi connectivity index (χ3v) is 5.42. The second-order valence-electron chi connectivity index (χ2n) is 4.36. The fourth-order valence-corrected chi connectivity index (χ4v) is 3.98. The van der Waals surface area contributed by atoms with Crippen LogP contribution in [0.15, 0.2) is 6.33 Å². The molecule has 3 unspecified atom stereocenters. The number of anilines is 1. The lowest BCUT2D eigenvalue weighted by Gasteiger charge is -2.28. The lowest BCUT2D eigenvalue weighted by atomic mass is 9.97. The minimum absolute atomic E-state index is 0.196. The molecule has 2 aromatic heterocycles. The molecule has 0 aromatic carbocycles. The Morgan fingerprint density at radius 2 is 2.44 bits per heavy atom. The van der Waals surface area contributed by atoms with E-state index < -0.39 is 6.10 Å². The van der Waals surface area contributed by atoms with Gasteiger partial charge in [-0.15, -0.1) is 0 Å². The summed E-state index contributed by atoms with van der Waals surface area (Å²) in [7, 11) is 0. The Morgan fingerprint density at radius 1 is 1.67 bits per heavy atom. The van der Waals surface area contributed by atoms with Crippen molar-refractivity contribution < 1.29 is 5.11 Å². The van der Waals surface area contributed by atoms with Crippen molar-refractivity contribution in [3.8, 4) is 0 Å². The van der Waals surface area contributed by atoms with Crippen LogP contribution in [-0.4, -0.2) is 25.5 Å². The van der Waals surface area contributed by atoms with Crippen LogP contribution in [0.1, 0.15) is 25.0 Å². The van der Waals surface area contributed by atoms with Crippen molar-refractivity contribution in [3.05, 3.63) is 17.0 Å². The van der Waals surface area contributed by atoms with Crippen LogP contribution in [0, 0.1) is 0 Å². The van der Waals surface area contributed by atoms with Crippen LogP contribution >= 0.6 is 40.0 Å². The fourth-order valence-electron chi connectivity index (χ4n) is 2.28. The van der Waals surface area contributed by atoms with E-state index in [1.54, 1.807) is 6.33 Å². The normalized spacial score (nSPS) is 23.6. The molecule has 96 valence electrons. The van der Waals surface area contributed by atoms with Crippen molar-refractivity contribution >= 4 is 56.9 Å². The molecule has 1 aliphatic heterocycles. The molecule has 0 aliphatic carbocycles. The number of aromatic nitrogens is 3. The Morgan fingerprint density at radius 3 is 3.17 bits per heavy atom. The number of fused-ring (bicyclic) bond motifs is 3. The van der Waals surface area contributed by atoms with Gasteiger partial charge in [0, 0.05) is 11.6 Å². The first-order valence-corrected chi connectivity index (χ1v) is 9.93. The van der Waals surface area contributed by atoms with Crippen molar-refractivity contribution in [2.24, 2.45) is 0 Å². The number of imidazole rings is 1. The molecular weight excluding hydrogens is 385 g/mol. The van der Waals surface area contributed by atoms with Gasteiger partial charge in [-0.05, 0) is 35.4 Å². The summed E-state index contributed by atoms with van der Waals surface area (Å²) in [5, 5.41) is 13.9. The molecule has 3 atom stereocenters. The predicted octanol–water partition coefficient (Wildman–Crippen LogP) is 3.11. The zero-order valence-corrected chi connectivity index (χ0v) is 13.4. The van der Waals surface area contributed by atoms with Crippen molar-refractivity contribution in [3.63, 3.8) is 0 Å². The summed E-state index contributed by atoms with van der Waals surface area (Å²) in [6.07, 6.45) is 2.33. The Kier molecular flexibility index (Phi) is 3.38. The van der Waals surface area contributed by atoms with Gasteiger partial charge in [0.2, 0.25) is 0 Å². The van der Waals surface area contributed by atoms with Gasteiger partial charge in [-0.3, -0.25) is 4.34 Å². The van der Waals surface area contributed by atoms with E-state index in [4.69, 9.17) is 11.6 Å². The van der Waals surface area contributed by atoms with E-state index in [2.05, 4.69) is 37.3 Å². The number of rotatable bonds is 1. The van der Waals surface area contributed by atoms with Crippen LogP contribution in [0.4, 0.5) is 5.69 Å². The highest BCUT2D eigenvalue weighted by atomic mass is 127. The Balaban J connectivity index is 2.32. The zero-order valence-electron chi connectivity index (χ0n) is 9.48. The average molecular weight is 397 g/mol. The number of aliphatic hydroxyl groups excluding tert-OH is 1. The molecule has 1 aliphatic rings. The number of nitrogens with zero attached hydrogens (tertiary/aromatic N) is 3. The van der Waals surface area contributed by atoms with Crippen LogP contribution in [0.3, 0.4) is 0 Å². The SMILES string of the molecule is CC1CC(O)c2c(Cl)nc3c(ncn3PI)c2N1. The van der Waals surface area contributed by atoms with Crippen molar-refractivity contribution in [1.82, 2.24) is 14.3 Å². The highest BCUT2D eigenvalue weighted by molar-refractivity contribution is 14.2. The van der Waals surface area contributed by atoms with Crippen LogP contribution < -0.4 is 5.32 Å². The summed E-state index contributed by atoms with van der Waals surface area (Å²) >= 11 is 8.47. The first-order chi connectivity index (χ1) is 8.61. The average Bonchev–Trinajstić information content (AvgIpc) is 2.70. The van der Waals surface area contributed by atoms with E-state index in [0.717, 1.165) is 16.9 Å². The van der Waals surface area contributed by atoms with Crippen LogP contribution in [0.5, 0.6) is 0 Å². The minimum atomic E-state index is -0.576. The Hall–Kier alpha value is -0.170. The second kappa shape index (κ2) is 4.74. The first-order valence-electron chi connectivity index (χ1n) is 5.49. The summed E-state index contributed by atoms with van der Waals surface area (Å²) in [6, 6.07) is 0.196. The van der Waals surface area contributed by atoms with Gasteiger partial charge >= 0.3 is 0 Å². The smallest absolute Gasteiger partial charge is 0.167 e. The van der Waals surface area contributed by atoms with Crippen molar-refractivity contribution in [2.45, 2.75) is 25.5 Å². The largest absolute Gasteiger partial charge is 0.388 e. The summed E-state index contributed by atoms with van der Waals surface area (Å²) in [5.74, 6) is 0. The van der Waals surface area contributed by atoms with E-state index in [0.29, 0.717) is 23.5 Å². The number of pyridine rings is 1. The van der Waals surface area contributed by atoms with Gasteiger partial charge in [0.05, 0.1) is 18.2 Å². The number of hydrogen-bond acceptors (Lipinski definition) is 4. The zero-order chi connectivity index (χ0) is 12.9. The third-order valence-electron chi connectivity index (χ3n) is 3.07. The lowest BCUT2D eigenvalue weighted by molar-refractivity contribution is 0.158. The van der Waals surface area contributed by atoms with Crippen molar-refractivity contribution in [1.29, 1.82) is 0 Å². The molecule has 0 spiro atoms. The van der Waals surface area contributed by atoms with Gasteiger partial charge in [0.1, 0.15) is 17.0 Å². The molecule has 18 heavy (non-hydrogen) atoms. The summed E-state index contributed by atoms with van der Waals surface area (Å²) in [5.41, 5.74) is 3.04. The minimum Gasteiger partial charge on any atom is -0.388 e. The maximum Gasteiger partial charge on any atom is 0.167 e. The summed E-state index contributed by atoms with van der Waals surface area (Å²) in [6.45, 7) is 2.03. The number of nitrogens with one attached hydrogen (secondary N) is 1. The molecule has 0 radical (unpaired) electrons. The number of hydrogen-bond donors (Lipinski definition) is 2. The van der Waals surface area contributed by atoms with E-state index in [9.17, 15) is 5.11 Å². The number of halogens is 2. The van der Waals surface area contributed by atoms with Crippen LogP contribution in [0.25, 0.3) is 11.2 Å². The fraction of sp³-hybridized carbons (Fsp3) is 0.400. The van der Waals surface area contributed by atoms with E-state index in [1.807, 2.05) is 11.3 Å². The number of aliphatic hydroxyl groups is 1. The predicted molar refractivity (Wildman–Crippen MR) is 82.9 cm³/mol. The second-order valence-corrected chi connectivity index (χ2v) is 6.82. The lowest BCUT2D eigenvalue weighted by Crippen LogP contribution is -2.26. The van der Waals surface area contributed by atoms with Gasteiger partial charge in [-0.2, -0.15) is 0 Å². The quantitative estimate of drug-likeness (QED) is 0.442. The summed E-state index contributed by atoms with van der Waals surface area (Å²) < 4.78 is 1.95. The third kappa shape index (κ3) is 1.90. The molecule has 0 amide bonds. The van der Waals surface area contributed by atoms with E-state index in [-0.39, 0.29) is 6.04 Å². The highest BCUT2D eigenvalue weighted by Gasteiger charge is 2.29. The highest BCUT2D eigenvalue weighted by Crippen LogP contribution is 2.41. The summed E-state index contributed by atoms with van der Waals surface area (Å²) in [4.78, 5) is 8.75. The molecule has 3 heterocycles. The Labute approximate surface area is 124 Å². The molecular formula is C10H11ClIN4OP. The standard InChI is InChI=1S/C10H11ClIN4OP/c1-4-2-5(17)6-7(14-4)8-10(15-9(6)11)16(18-12)3-13-8/h3-5,14,17-18H,2H2,1H3. The molecule has 2 aromatic rings. The van der Waals surface area contributed by atoms with Gasteiger partial charge in [0.15, 0.2) is 5.65 Å². The maximum absolute atomic E-state index is 10.1. The molecule has 2 N–H and O–H groups in total. The van der Waals surface area contributed by atoms with Gasteiger partial charge in [0.25, 0.3) is 0 Å². The molecule has 5 nitrogen and oxygen atoms in total. The van der Waals surface area contributed by atoms with Crippen LogP contribution in [0.2, 0.25) is 5.15 Å². The molecule has 3 rings (SSSR count). The van der Waals surface area contributed by atoms with E-state index in [1.165, 1.54) is 0 Å². The monoisotopic (exact) mass is 396 g/mol. The van der Waals surface area contributed by atoms with Gasteiger partial charge in [-0.25, -0.2) is 9.97 Å². The van der Waals surface area contributed by atoms with Crippen molar-refractivity contribution in [2.75, 3.05) is 5.32 Å². The van der Waals surface area contributed by atoms with E-state index >= 15 is 0 Å². The molecule has 0 bridgehead atoms. The molecule has 0 saturated heterocycles. The topological polar surface area (TPSA) is 63.0 Å². The maximum atomic E-state index is 10.1. The first kappa shape index (κ1) is 12.8. The van der Waals surface area contributed by atoms with Crippen LogP contribution in [-0.2, 0) is 0 Å². The molecule has 0 fully saturated rings. The van der Waals surface area contributed by atoms with Gasteiger partial charge < -0.3 is 10.4 Å². The van der Waals surface area contributed by atoms with Gasteiger partial charge in [-0.1, -0.05) is 11.6 Å². The molecule has 0 saturated carbocycles.